The third-order valence-corrected chi connectivity index (χ3v) is 7.87. The molecule has 1 unspecified atom stereocenters. The second-order valence-electron chi connectivity index (χ2n) is 7.19. The van der Waals surface area contributed by atoms with Gasteiger partial charge < -0.3 is 9.47 Å². The number of hydrazine groups is 1. The average molecular weight is 482 g/mol. The van der Waals surface area contributed by atoms with Crippen LogP contribution in [0.4, 0.5) is 0 Å². The van der Waals surface area contributed by atoms with Crippen molar-refractivity contribution in [1.82, 2.24) is 15.2 Å². The number of sulfonamides is 1. The number of rotatable bonds is 8. The summed E-state index contributed by atoms with van der Waals surface area (Å²) < 4.78 is 38.2. The van der Waals surface area contributed by atoms with E-state index in [1.807, 2.05) is 6.92 Å². The maximum absolute atomic E-state index is 12.9. The third-order valence-electron chi connectivity index (χ3n) is 4.88. The number of thiophene rings is 1. The molecule has 3 rings (SSSR count). The van der Waals surface area contributed by atoms with E-state index in [0.717, 1.165) is 30.6 Å². The van der Waals surface area contributed by atoms with Crippen LogP contribution >= 0.6 is 11.3 Å². The number of benzene rings is 1. The van der Waals surface area contributed by atoms with Crippen molar-refractivity contribution in [3.05, 3.63) is 40.6 Å². The van der Waals surface area contributed by atoms with Crippen LogP contribution in [-0.2, 0) is 14.8 Å². The number of piperidine rings is 1. The van der Waals surface area contributed by atoms with E-state index >= 15 is 0 Å². The first-order chi connectivity index (χ1) is 15.3. The van der Waals surface area contributed by atoms with Crippen LogP contribution in [0, 0.1) is 0 Å². The highest BCUT2D eigenvalue weighted by molar-refractivity contribution is 7.89. The highest BCUT2D eigenvalue weighted by atomic mass is 32.2. The maximum atomic E-state index is 12.9. The van der Waals surface area contributed by atoms with Gasteiger partial charge >= 0.3 is 0 Å². The fourth-order valence-electron chi connectivity index (χ4n) is 3.23. The first-order valence-electron chi connectivity index (χ1n) is 10.4. The number of ether oxygens (including phenoxy) is 2. The van der Waals surface area contributed by atoms with Crippen LogP contribution < -0.4 is 20.3 Å². The van der Waals surface area contributed by atoms with Crippen molar-refractivity contribution < 1.29 is 27.5 Å². The molecule has 1 aromatic carbocycles. The fourth-order valence-corrected chi connectivity index (χ4v) is 6.04. The zero-order valence-electron chi connectivity index (χ0n) is 18.0. The van der Waals surface area contributed by atoms with Gasteiger partial charge in [0.1, 0.15) is 21.3 Å². The summed E-state index contributed by atoms with van der Waals surface area (Å²) in [5.41, 5.74) is 4.57. The summed E-state index contributed by atoms with van der Waals surface area (Å²) in [5, 5.41) is 1.55. The lowest BCUT2D eigenvalue weighted by atomic mass is 10.2. The Morgan fingerprint density at radius 3 is 2.38 bits per heavy atom. The predicted octanol–water partition coefficient (Wildman–Crippen LogP) is 2.55. The number of carbonyl (C=O) groups excluding carboxylic acids is 2. The van der Waals surface area contributed by atoms with Crippen LogP contribution in [0.15, 0.2) is 40.6 Å². The van der Waals surface area contributed by atoms with Crippen LogP contribution in [-0.4, -0.2) is 50.3 Å². The smallest absolute Gasteiger partial charge is 0.281 e. The fraction of sp³-hybridized carbons (Fsp3) is 0.429. The first-order valence-corrected chi connectivity index (χ1v) is 12.7. The first kappa shape index (κ1) is 24.0. The minimum Gasteiger partial charge on any atom is -0.494 e. The van der Waals surface area contributed by atoms with E-state index in [1.165, 1.54) is 17.3 Å². The molecule has 9 nitrogen and oxygen atoms in total. The van der Waals surface area contributed by atoms with Crippen molar-refractivity contribution >= 4 is 33.2 Å². The molecule has 0 radical (unpaired) electrons. The second kappa shape index (κ2) is 10.8. The van der Waals surface area contributed by atoms with E-state index in [9.17, 15) is 18.0 Å². The summed E-state index contributed by atoms with van der Waals surface area (Å²) >= 11 is 1.00. The maximum Gasteiger partial charge on any atom is 0.281 e. The van der Waals surface area contributed by atoms with Crippen LogP contribution in [0.25, 0.3) is 0 Å². The van der Waals surface area contributed by atoms with Crippen LogP contribution in [0.1, 0.15) is 42.8 Å². The Morgan fingerprint density at radius 1 is 1.06 bits per heavy atom. The normalized spacial score (nSPS) is 15.6. The molecule has 2 amide bonds. The van der Waals surface area contributed by atoms with E-state index in [-0.39, 0.29) is 9.77 Å². The summed E-state index contributed by atoms with van der Waals surface area (Å²) in [6.45, 7) is 4.85. The Balaban J connectivity index is 1.57. The Labute approximate surface area is 191 Å². The Hall–Kier alpha value is -2.63. The standard InChI is InChI=1S/C21H27N3O6S2/c1-3-29-16-7-9-17(10-8-16)30-15(2)20(25)22-23-21(26)19-18(11-14-31-19)32(27,28)24-12-5-4-6-13-24/h7-11,14-15H,3-6,12-13H2,1-2H3,(H,22,25)(H,23,26). The molecule has 1 atom stereocenters. The van der Waals surface area contributed by atoms with Crippen molar-refractivity contribution in [2.24, 2.45) is 0 Å². The van der Waals surface area contributed by atoms with Gasteiger partial charge in [-0.1, -0.05) is 6.42 Å². The number of carbonyl (C=O) groups is 2. The molecular formula is C21H27N3O6S2. The predicted molar refractivity (Wildman–Crippen MR) is 120 cm³/mol. The van der Waals surface area contributed by atoms with Gasteiger partial charge in [-0.25, -0.2) is 8.42 Å². The lowest BCUT2D eigenvalue weighted by Crippen LogP contribution is -2.47. The van der Waals surface area contributed by atoms with Crippen molar-refractivity contribution in [3.8, 4) is 11.5 Å². The van der Waals surface area contributed by atoms with Gasteiger partial charge in [-0.2, -0.15) is 4.31 Å². The summed E-state index contributed by atoms with van der Waals surface area (Å²) in [4.78, 5) is 24.9. The zero-order valence-corrected chi connectivity index (χ0v) is 19.6. The molecule has 2 heterocycles. The van der Waals surface area contributed by atoms with Gasteiger partial charge in [0.25, 0.3) is 11.8 Å². The van der Waals surface area contributed by atoms with Crippen LogP contribution in [0.3, 0.4) is 0 Å². The molecule has 11 heteroatoms. The topological polar surface area (TPSA) is 114 Å². The van der Waals surface area contributed by atoms with E-state index in [4.69, 9.17) is 9.47 Å². The van der Waals surface area contributed by atoms with Crippen molar-refractivity contribution in [3.63, 3.8) is 0 Å². The molecule has 0 saturated carbocycles. The Bertz CT molecular complexity index is 1030. The molecule has 1 aliphatic rings. The molecular weight excluding hydrogens is 454 g/mol. The van der Waals surface area contributed by atoms with E-state index in [1.54, 1.807) is 29.6 Å². The quantitative estimate of drug-likeness (QED) is 0.560. The summed E-state index contributed by atoms with van der Waals surface area (Å²) in [6.07, 6.45) is 1.69. The van der Waals surface area contributed by atoms with E-state index < -0.39 is 27.9 Å². The van der Waals surface area contributed by atoms with Gasteiger partial charge in [0.05, 0.1) is 6.61 Å². The minimum atomic E-state index is -3.76. The summed E-state index contributed by atoms with van der Waals surface area (Å²) in [7, 11) is -3.76. The van der Waals surface area contributed by atoms with Gasteiger partial charge in [0.2, 0.25) is 10.0 Å². The molecule has 32 heavy (non-hydrogen) atoms. The van der Waals surface area contributed by atoms with E-state index in [2.05, 4.69) is 10.9 Å². The molecule has 1 saturated heterocycles. The molecule has 1 aromatic heterocycles. The van der Waals surface area contributed by atoms with Gasteiger partial charge in [0, 0.05) is 13.1 Å². The minimum absolute atomic E-state index is 0.0240. The lowest BCUT2D eigenvalue weighted by molar-refractivity contribution is -0.128. The number of amides is 2. The van der Waals surface area contributed by atoms with Crippen LogP contribution in [0.2, 0.25) is 0 Å². The molecule has 0 spiro atoms. The molecule has 1 aliphatic heterocycles. The Morgan fingerprint density at radius 2 is 1.72 bits per heavy atom. The molecule has 0 aliphatic carbocycles. The summed E-state index contributed by atoms with van der Waals surface area (Å²) in [5.74, 6) is -0.118. The second-order valence-corrected chi connectivity index (χ2v) is 10.0. The molecule has 2 N–H and O–H groups in total. The number of nitrogens with one attached hydrogen (secondary N) is 2. The van der Waals surface area contributed by atoms with Crippen molar-refractivity contribution in [2.45, 2.75) is 44.1 Å². The lowest BCUT2D eigenvalue weighted by Gasteiger charge is -2.25. The highest BCUT2D eigenvalue weighted by Crippen LogP contribution is 2.27. The largest absolute Gasteiger partial charge is 0.494 e. The van der Waals surface area contributed by atoms with Gasteiger partial charge in [-0.3, -0.25) is 20.4 Å². The third kappa shape index (κ3) is 5.78. The molecule has 0 bridgehead atoms. The summed E-state index contributed by atoms with van der Waals surface area (Å²) in [6, 6.07) is 8.23. The van der Waals surface area contributed by atoms with Gasteiger partial charge in [-0.05, 0) is 62.4 Å². The SMILES string of the molecule is CCOc1ccc(OC(C)C(=O)NNC(=O)c2sccc2S(=O)(=O)N2CCCCC2)cc1. The van der Waals surface area contributed by atoms with Crippen molar-refractivity contribution in [2.75, 3.05) is 19.7 Å². The Kier molecular flexibility index (Phi) is 8.10. The molecule has 174 valence electrons. The highest BCUT2D eigenvalue weighted by Gasteiger charge is 2.31. The van der Waals surface area contributed by atoms with Crippen molar-refractivity contribution in [1.29, 1.82) is 0 Å². The van der Waals surface area contributed by atoms with Gasteiger partial charge in [0.15, 0.2) is 6.10 Å². The van der Waals surface area contributed by atoms with E-state index in [0.29, 0.717) is 31.2 Å². The number of nitrogens with zero attached hydrogens (tertiary/aromatic N) is 1. The number of hydrogen-bond acceptors (Lipinski definition) is 7. The monoisotopic (exact) mass is 481 g/mol. The van der Waals surface area contributed by atoms with Gasteiger partial charge in [-0.15, -0.1) is 11.3 Å². The zero-order chi connectivity index (χ0) is 23.1. The average Bonchev–Trinajstić information content (AvgIpc) is 3.30. The molecule has 1 fully saturated rings. The molecule has 2 aromatic rings. The number of hydrogen-bond donors (Lipinski definition) is 2. The van der Waals surface area contributed by atoms with Crippen LogP contribution in [0.5, 0.6) is 11.5 Å².